The number of ether oxygens (including phenoxy) is 1. The van der Waals surface area contributed by atoms with Gasteiger partial charge in [-0.2, -0.15) is 9.78 Å². The van der Waals surface area contributed by atoms with Gasteiger partial charge in [-0.1, -0.05) is 51.6 Å². The van der Waals surface area contributed by atoms with Crippen molar-refractivity contribution in [2.24, 2.45) is 5.10 Å². The van der Waals surface area contributed by atoms with E-state index in [2.05, 4.69) is 49.8 Å². The van der Waals surface area contributed by atoms with E-state index in [1.165, 1.54) is 4.68 Å². The quantitative estimate of drug-likeness (QED) is 0.328. The van der Waals surface area contributed by atoms with Crippen LogP contribution in [0.3, 0.4) is 0 Å². The molecule has 1 heterocycles. The van der Waals surface area contributed by atoms with Crippen molar-refractivity contribution in [1.82, 2.24) is 9.66 Å². The lowest BCUT2D eigenvalue weighted by Crippen LogP contribution is -2.23. The summed E-state index contributed by atoms with van der Waals surface area (Å²) >= 11 is 6.87. The Morgan fingerprint density at radius 3 is 2.72 bits per heavy atom. The van der Waals surface area contributed by atoms with Gasteiger partial charge in [-0.05, 0) is 42.8 Å². The molecule has 0 amide bonds. The first-order chi connectivity index (χ1) is 13.9. The fourth-order valence-corrected chi connectivity index (χ4v) is 3.51. The first-order valence-electron chi connectivity index (χ1n) is 9.07. The molecule has 0 spiro atoms. The van der Waals surface area contributed by atoms with Crippen molar-refractivity contribution in [2.45, 2.75) is 26.2 Å². The molecule has 7 heteroatoms. The molecule has 0 bridgehead atoms. The maximum atomic E-state index is 13.2. The summed E-state index contributed by atoms with van der Waals surface area (Å²) in [5.41, 5.74) is 1.13. The van der Waals surface area contributed by atoms with Crippen molar-refractivity contribution in [3.63, 3.8) is 0 Å². The molecule has 0 aliphatic heterocycles. The van der Waals surface area contributed by atoms with Gasteiger partial charge in [0.25, 0.3) is 5.56 Å². The zero-order valence-electron chi connectivity index (χ0n) is 16.0. The molecule has 0 aliphatic carbocycles. The lowest BCUT2D eigenvalue weighted by Gasteiger charge is -2.14. The maximum absolute atomic E-state index is 13.2. The Morgan fingerprint density at radius 2 is 2.00 bits per heavy atom. The minimum Gasteiger partial charge on any atom is -0.480 e. The van der Waals surface area contributed by atoms with Crippen LogP contribution in [0.4, 0.5) is 0 Å². The van der Waals surface area contributed by atoms with Gasteiger partial charge in [-0.25, -0.2) is 4.98 Å². The predicted molar refractivity (Wildman–Crippen MR) is 124 cm³/mol. The monoisotopic (exact) mass is 515 g/mol. The molecule has 2 aromatic carbocycles. The molecular formula is C22H19Br2N3O2. The van der Waals surface area contributed by atoms with Crippen molar-refractivity contribution in [3.8, 4) is 18.1 Å². The van der Waals surface area contributed by atoms with Crippen LogP contribution in [0, 0.1) is 12.3 Å². The molecule has 5 nitrogen and oxygen atoms in total. The summed E-state index contributed by atoms with van der Waals surface area (Å²) in [6.45, 7) is 4.22. The molecule has 0 radical (unpaired) electrons. The van der Waals surface area contributed by atoms with Crippen molar-refractivity contribution in [1.29, 1.82) is 0 Å². The van der Waals surface area contributed by atoms with Crippen molar-refractivity contribution in [2.75, 3.05) is 6.61 Å². The first kappa shape index (κ1) is 21.3. The first-order valence-corrected chi connectivity index (χ1v) is 10.7. The lowest BCUT2D eigenvalue weighted by atomic mass is 10.1. The second-order valence-electron chi connectivity index (χ2n) is 6.48. The maximum Gasteiger partial charge on any atom is 0.282 e. The van der Waals surface area contributed by atoms with E-state index in [9.17, 15) is 4.79 Å². The topological polar surface area (TPSA) is 56.5 Å². The van der Waals surface area contributed by atoms with Crippen molar-refractivity contribution in [3.05, 3.63) is 67.1 Å². The molecule has 29 heavy (non-hydrogen) atoms. The van der Waals surface area contributed by atoms with Gasteiger partial charge >= 0.3 is 0 Å². The second-order valence-corrected chi connectivity index (χ2v) is 8.31. The molecule has 0 fully saturated rings. The smallest absolute Gasteiger partial charge is 0.282 e. The molecule has 0 N–H and O–H groups in total. The van der Waals surface area contributed by atoms with E-state index >= 15 is 0 Å². The third-order valence-corrected chi connectivity index (χ3v) is 5.47. The average molecular weight is 517 g/mol. The SMILES string of the molecule is C#CCOc1ccc(Br)cc1C=Nn1c([C@@H](C)CC)nc2ccc(Br)cc2c1=O. The van der Waals surface area contributed by atoms with Gasteiger partial charge in [0, 0.05) is 20.4 Å². The highest BCUT2D eigenvalue weighted by molar-refractivity contribution is 9.10. The Balaban J connectivity index is 2.17. The fourth-order valence-electron chi connectivity index (χ4n) is 2.77. The number of nitrogens with zero attached hydrogens (tertiary/aromatic N) is 3. The Labute approximate surface area is 186 Å². The number of terminal acetylenes is 1. The highest BCUT2D eigenvalue weighted by Gasteiger charge is 2.15. The van der Waals surface area contributed by atoms with Crippen LogP contribution in [0.15, 0.2) is 55.2 Å². The van der Waals surface area contributed by atoms with Gasteiger partial charge in [0.1, 0.15) is 18.2 Å². The second kappa shape index (κ2) is 9.38. The molecule has 3 aromatic rings. The zero-order valence-corrected chi connectivity index (χ0v) is 19.2. The summed E-state index contributed by atoms with van der Waals surface area (Å²) in [7, 11) is 0. The summed E-state index contributed by atoms with van der Waals surface area (Å²) in [4.78, 5) is 17.9. The third-order valence-electron chi connectivity index (χ3n) is 4.48. The predicted octanol–water partition coefficient (Wildman–Crippen LogP) is 5.33. The standard InChI is InChI=1S/C22H19Br2N3O2/c1-4-10-29-20-9-7-16(23)11-15(20)13-25-27-21(14(3)5-2)26-19-8-6-17(24)12-18(19)22(27)28/h1,6-9,11-14H,5,10H2,2-3H3/t14-/m0/s1. The van der Waals surface area contributed by atoms with Crippen molar-refractivity contribution >= 4 is 49.0 Å². The minimum absolute atomic E-state index is 0.0626. The summed E-state index contributed by atoms with van der Waals surface area (Å²) in [6, 6.07) is 11.0. The van der Waals surface area contributed by atoms with Gasteiger partial charge in [0.05, 0.1) is 17.1 Å². The van der Waals surface area contributed by atoms with Crippen LogP contribution < -0.4 is 10.3 Å². The highest BCUT2D eigenvalue weighted by Crippen LogP contribution is 2.23. The number of benzene rings is 2. The Kier molecular flexibility index (Phi) is 6.88. The van der Waals surface area contributed by atoms with E-state index in [1.54, 1.807) is 18.3 Å². The molecule has 1 aromatic heterocycles. The van der Waals surface area contributed by atoms with Gasteiger partial charge < -0.3 is 4.74 Å². The van der Waals surface area contributed by atoms with Gasteiger partial charge in [-0.3, -0.25) is 4.79 Å². The summed E-state index contributed by atoms with van der Waals surface area (Å²) in [6.07, 6.45) is 7.72. The lowest BCUT2D eigenvalue weighted by molar-refractivity contribution is 0.370. The van der Waals surface area contributed by atoms with Gasteiger partial charge in [0.2, 0.25) is 0 Å². The van der Waals surface area contributed by atoms with Crippen LogP contribution in [0.1, 0.15) is 37.6 Å². The van der Waals surface area contributed by atoms with Gasteiger partial charge in [-0.15, -0.1) is 6.42 Å². The van der Waals surface area contributed by atoms with Gasteiger partial charge in [0.15, 0.2) is 0 Å². The van der Waals surface area contributed by atoms with E-state index in [1.807, 2.05) is 31.2 Å². The van der Waals surface area contributed by atoms with Crippen LogP contribution in [0.25, 0.3) is 10.9 Å². The molecule has 1 atom stereocenters. The number of hydrogen-bond donors (Lipinski definition) is 0. The third kappa shape index (κ3) is 4.77. The molecule has 0 saturated heterocycles. The Bertz CT molecular complexity index is 1180. The summed E-state index contributed by atoms with van der Waals surface area (Å²) < 4.78 is 8.63. The fraction of sp³-hybridized carbons (Fsp3) is 0.227. The summed E-state index contributed by atoms with van der Waals surface area (Å²) in [5, 5.41) is 4.99. The Hall–Kier alpha value is -2.43. The van der Waals surface area contributed by atoms with E-state index in [0.717, 1.165) is 15.4 Å². The van der Waals surface area contributed by atoms with E-state index in [4.69, 9.17) is 16.1 Å². The normalized spacial score (nSPS) is 12.2. The largest absolute Gasteiger partial charge is 0.480 e. The molecule has 0 unspecified atom stereocenters. The molecule has 0 saturated carbocycles. The van der Waals surface area contributed by atoms with Crippen LogP contribution >= 0.6 is 31.9 Å². The minimum atomic E-state index is -0.219. The van der Waals surface area contributed by atoms with Crippen LogP contribution in [-0.4, -0.2) is 22.5 Å². The average Bonchev–Trinajstić information content (AvgIpc) is 2.72. The number of fused-ring (bicyclic) bond motifs is 1. The van der Waals surface area contributed by atoms with Crippen molar-refractivity contribution < 1.29 is 4.74 Å². The number of hydrogen-bond acceptors (Lipinski definition) is 4. The van der Waals surface area contributed by atoms with Crippen LogP contribution in [0.5, 0.6) is 5.75 Å². The number of aromatic nitrogens is 2. The van der Waals surface area contributed by atoms with E-state index in [0.29, 0.717) is 28.0 Å². The molecular weight excluding hydrogens is 498 g/mol. The zero-order chi connectivity index (χ0) is 21.0. The number of rotatable bonds is 6. The van der Waals surface area contributed by atoms with E-state index < -0.39 is 0 Å². The van der Waals surface area contributed by atoms with Crippen LogP contribution in [0.2, 0.25) is 0 Å². The molecule has 3 rings (SSSR count). The molecule has 0 aliphatic rings. The molecule has 148 valence electrons. The number of halogens is 2. The summed E-state index contributed by atoms with van der Waals surface area (Å²) in [5.74, 6) is 3.72. The Morgan fingerprint density at radius 1 is 1.28 bits per heavy atom. The van der Waals surface area contributed by atoms with Crippen LogP contribution in [-0.2, 0) is 0 Å². The van der Waals surface area contributed by atoms with E-state index in [-0.39, 0.29) is 18.1 Å². The highest BCUT2D eigenvalue weighted by atomic mass is 79.9.